The van der Waals surface area contributed by atoms with Crippen LogP contribution in [0.2, 0.25) is 0 Å². The van der Waals surface area contributed by atoms with Crippen LogP contribution in [0.25, 0.3) is 0 Å². The predicted molar refractivity (Wildman–Crippen MR) is 127 cm³/mol. The molecule has 0 aliphatic rings. The van der Waals surface area contributed by atoms with Gasteiger partial charge in [0, 0.05) is 5.69 Å². The topological polar surface area (TPSA) is 73.2 Å². The average molecular weight is 428 g/mol. The molecule has 0 radical (unpaired) electrons. The minimum Gasteiger partial charge on any atom is -0.505 e. The summed E-state index contributed by atoms with van der Waals surface area (Å²) in [4.78, 5) is 1.81. The number of anilines is 3. The van der Waals surface area contributed by atoms with Gasteiger partial charge in [-0.3, -0.25) is 0 Å². The molecule has 0 heterocycles. The van der Waals surface area contributed by atoms with Crippen LogP contribution in [0.3, 0.4) is 0 Å². The number of benzene rings is 4. The van der Waals surface area contributed by atoms with Crippen molar-refractivity contribution in [2.75, 3.05) is 4.90 Å². The number of nitrogens with zero attached hydrogens (tertiary/aromatic N) is 1. The van der Waals surface area contributed by atoms with Crippen LogP contribution in [-0.2, 0) is 0 Å². The number of aromatic hydroxyl groups is 3. The second-order valence-corrected chi connectivity index (χ2v) is 7.74. The van der Waals surface area contributed by atoms with E-state index in [-0.39, 0.29) is 17.2 Å². The Hall–Kier alpha value is -4.12. The molecule has 0 spiro atoms. The van der Waals surface area contributed by atoms with Gasteiger partial charge in [0.05, 0.1) is 11.4 Å². The first-order chi connectivity index (χ1) is 15.4. The minimum atomic E-state index is 0.0741. The van der Waals surface area contributed by atoms with Gasteiger partial charge in [-0.2, -0.15) is 0 Å². The van der Waals surface area contributed by atoms with E-state index in [1.54, 1.807) is 41.3 Å². The molecule has 4 aromatic rings. The fraction of sp³-hybridized carbons (Fsp3) is 0.111. The van der Waals surface area contributed by atoms with E-state index in [0.717, 1.165) is 22.4 Å². The summed E-state index contributed by atoms with van der Waals surface area (Å²) in [5.74, 6) is 1.31. The highest BCUT2D eigenvalue weighted by Gasteiger charge is 2.20. The van der Waals surface area contributed by atoms with E-state index in [2.05, 4.69) is 0 Å². The van der Waals surface area contributed by atoms with E-state index in [9.17, 15) is 15.3 Å². The van der Waals surface area contributed by atoms with E-state index in [1.165, 1.54) is 0 Å². The molecule has 0 aliphatic heterocycles. The molecular formula is C27H25NO4. The number of phenols is 3. The molecule has 5 nitrogen and oxygen atoms in total. The van der Waals surface area contributed by atoms with Gasteiger partial charge < -0.3 is 25.0 Å². The summed E-state index contributed by atoms with van der Waals surface area (Å²) >= 11 is 0. The van der Waals surface area contributed by atoms with Crippen molar-refractivity contribution < 1.29 is 20.1 Å². The van der Waals surface area contributed by atoms with Crippen molar-refractivity contribution >= 4 is 17.1 Å². The Morgan fingerprint density at radius 1 is 0.594 bits per heavy atom. The largest absolute Gasteiger partial charge is 0.505 e. The Morgan fingerprint density at radius 2 is 1.09 bits per heavy atom. The smallest absolute Gasteiger partial charge is 0.171 e. The third-order valence-corrected chi connectivity index (χ3v) is 5.42. The van der Waals surface area contributed by atoms with Crippen LogP contribution in [0.5, 0.6) is 28.7 Å². The molecular weight excluding hydrogens is 402 g/mol. The maximum atomic E-state index is 10.8. The summed E-state index contributed by atoms with van der Waals surface area (Å²) in [5.41, 5.74) is 4.12. The zero-order valence-corrected chi connectivity index (χ0v) is 18.2. The van der Waals surface area contributed by atoms with Gasteiger partial charge in [-0.25, -0.2) is 0 Å². The second kappa shape index (κ2) is 8.55. The number of phenolic OH excluding ortho intramolecular Hbond substituents is 3. The summed E-state index contributed by atoms with van der Waals surface area (Å²) < 4.78 is 5.90. The second-order valence-electron chi connectivity index (χ2n) is 7.74. The van der Waals surface area contributed by atoms with Gasteiger partial charge in [-0.05, 0) is 79.9 Å². The van der Waals surface area contributed by atoms with Crippen LogP contribution in [0.15, 0.2) is 78.9 Å². The molecule has 0 unspecified atom stereocenters. The van der Waals surface area contributed by atoms with Gasteiger partial charge in [0.1, 0.15) is 17.2 Å². The summed E-state index contributed by atoms with van der Waals surface area (Å²) in [7, 11) is 0. The molecule has 162 valence electrons. The number of para-hydroxylation sites is 3. The summed E-state index contributed by atoms with van der Waals surface area (Å²) in [6, 6.07) is 23.5. The quantitative estimate of drug-likeness (QED) is 0.320. The minimum absolute atomic E-state index is 0.0741. The number of aryl methyl sites for hydroxylation is 3. The van der Waals surface area contributed by atoms with Crippen LogP contribution in [0, 0.1) is 20.8 Å². The average Bonchev–Trinajstić information content (AvgIpc) is 2.78. The zero-order chi connectivity index (χ0) is 22.8. The Labute approximate surface area is 187 Å². The van der Waals surface area contributed by atoms with E-state index in [1.807, 2.05) is 63.2 Å². The lowest BCUT2D eigenvalue weighted by molar-refractivity contribution is 0.409. The third kappa shape index (κ3) is 3.93. The molecule has 4 aromatic carbocycles. The van der Waals surface area contributed by atoms with E-state index in [4.69, 9.17) is 4.74 Å². The first kappa shape index (κ1) is 21.1. The Kier molecular flexibility index (Phi) is 5.65. The van der Waals surface area contributed by atoms with Crippen molar-refractivity contribution in [1.29, 1.82) is 0 Å². The SMILES string of the molecule is Cc1cccc(N(c2ccc(Oc3c(C)cccc3O)cc2)c2cccc(C)c2O)c1O. The van der Waals surface area contributed by atoms with Crippen molar-refractivity contribution in [3.8, 4) is 28.7 Å². The molecule has 3 N–H and O–H groups in total. The van der Waals surface area contributed by atoms with Crippen LogP contribution < -0.4 is 9.64 Å². The first-order valence-corrected chi connectivity index (χ1v) is 10.3. The summed E-state index contributed by atoms with van der Waals surface area (Å²) in [6.07, 6.45) is 0. The maximum absolute atomic E-state index is 10.8. The monoisotopic (exact) mass is 427 g/mol. The molecule has 0 amide bonds. The van der Waals surface area contributed by atoms with Gasteiger partial charge in [-0.15, -0.1) is 0 Å². The van der Waals surface area contributed by atoms with Gasteiger partial charge in [0.15, 0.2) is 11.5 Å². The third-order valence-electron chi connectivity index (χ3n) is 5.42. The molecule has 0 aliphatic carbocycles. The van der Waals surface area contributed by atoms with Crippen LogP contribution >= 0.6 is 0 Å². The van der Waals surface area contributed by atoms with Crippen molar-refractivity contribution in [3.63, 3.8) is 0 Å². The number of ether oxygens (including phenoxy) is 1. The zero-order valence-electron chi connectivity index (χ0n) is 18.2. The lowest BCUT2D eigenvalue weighted by atomic mass is 10.1. The van der Waals surface area contributed by atoms with Gasteiger partial charge in [-0.1, -0.05) is 36.4 Å². The fourth-order valence-corrected chi connectivity index (χ4v) is 3.61. The van der Waals surface area contributed by atoms with E-state index < -0.39 is 0 Å². The van der Waals surface area contributed by atoms with Crippen LogP contribution in [-0.4, -0.2) is 15.3 Å². The molecule has 0 atom stereocenters. The molecule has 5 heteroatoms. The molecule has 0 saturated heterocycles. The molecule has 0 saturated carbocycles. The summed E-state index contributed by atoms with van der Waals surface area (Å²) in [5, 5.41) is 31.7. The van der Waals surface area contributed by atoms with E-state index >= 15 is 0 Å². The Bertz CT molecular complexity index is 1190. The summed E-state index contributed by atoms with van der Waals surface area (Å²) in [6.45, 7) is 5.53. The van der Waals surface area contributed by atoms with Crippen LogP contribution in [0.4, 0.5) is 17.1 Å². The Balaban J connectivity index is 1.78. The molecule has 0 fully saturated rings. The molecule has 0 aromatic heterocycles. The normalized spacial score (nSPS) is 10.7. The molecule has 0 bridgehead atoms. The standard InChI is InChI=1S/C27H25NO4/c1-17-7-4-10-22(25(17)30)28(23-11-5-8-18(2)26(23)31)20-13-15-21(16-14-20)32-27-19(3)9-6-12-24(27)29/h4-16,29-31H,1-3H3. The molecule has 4 rings (SSSR count). The van der Waals surface area contributed by atoms with E-state index in [0.29, 0.717) is 22.9 Å². The maximum Gasteiger partial charge on any atom is 0.171 e. The van der Waals surface area contributed by atoms with Crippen LogP contribution in [0.1, 0.15) is 16.7 Å². The first-order valence-electron chi connectivity index (χ1n) is 10.3. The van der Waals surface area contributed by atoms with Gasteiger partial charge in [0.25, 0.3) is 0 Å². The highest BCUT2D eigenvalue weighted by Crippen LogP contribution is 2.45. The lowest BCUT2D eigenvalue weighted by Gasteiger charge is -2.28. The highest BCUT2D eigenvalue weighted by molar-refractivity contribution is 5.84. The number of rotatable bonds is 5. The van der Waals surface area contributed by atoms with Crippen molar-refractivity contribution in [2.45, 2.75) is 20.8 Å². The molecule has 32 heavy (non-hydrogen) atoms. The fourth-order valence-electron chi connectivity index (χ4n) is 3.61. The van der Waals surface area contributed by atoms with Crippen molar-refractivity contribution in [2.24, 2.45) is 0 Å². The number of hydrogen-bond acceptors (Lipinski definition) is 5. The highest BCUT2D eigenvalue weighted by atomic mass is 16.5. The van der Waals surface area contributed by atoms with Gasteiger partial charge >= 0.3 is 0 Å². The Morgan fingerprint density at radius 3 is 1.62 bits per heavy atom. The van der Waals surface area contributed by atoms with Crippen molar-refractivity contribution in [3.05, 3.63) is 95.6 Å². The predicted octanol–water partition coefficient (Wildman–Crippen LogP) is 6.99. The number of hydrogen-bond donors (Lipinski definition) is 3. The lowest BCUT2D eigenvalue weighted by Crippen LogP contribution is -2.11. The van der Waals surface area contributed by atoms with Crippen molar-refractivity contribution in [1.82, 2.24) is 0 Å². The van der Waals surface area contributed by atoms with Gasteiger partial charge in [0.2, 0.25) is 0 Å².